The highest BCUT2D eigenvalue weighted by Gasteiger charge is 1.72. The normalized spacial score (nSPS) is 7.62. The third kappa shape index (κ3) is 2.06. The van der Waals surface area contributed by atoms with Crippen molar-refractivity contribution in [2.75, 3.05) is 0 Å². The van der Waals surface area contributed by atoms with Gasteiger partial charge in [-0.2, -0.15) is 0 Å². The van der Waals surface area contributed by atoms with E-state index in [0.29, 0.717) is 0 Å². The van der Waals surface area contributed by atoms with Gasteiger partial charge in [-0.25, -0.2) is 0 Å². The molecule has 1 atom stereocenters. The van der Waals surface area contributed by atoms with Gasteiger partial charge in [0.25, 0.3) is 0 Å². The lowest BCUT2D eigenvalue weighted by molar-refractivity contribution is 0.824. The Morgan fingerprint density at radius 3 is 1.75 bits per heavy atom. The van der Waals surface area contributed by atoms with Gasteiger partial charge in [0.2, 0.25) is 0 Å². The molecule has 1 unspecified atom stereocenters. The third-order valence-corrected chi connectivity index (χ3v) is 1.18. The lowest BCUT2D eigenvalue weighted by Gasteiger charge is -1.82. The molecule has 8 heavy (non-hydrogen) atoms. The standard InChI is InChI=1S/C6H7P.H2O/c7-6-4-2-1-3-5-6;/h1-5H,7H2;1H2. The van der Waals surface area contributed by atoms with Gasteiger partial charge in [-0.3, -0.25) is 0 Å². The van der Waals surface area contributed by atoms with Gasteiger partial charge in [-0.1, -0.05) is 30.3 Å². The monoisotopic (exact) mass is 128 g/mol. The summed E-state index contributed by atoms with van der Waals surface area (Å²) < 4.78 is 0. The SMILES string of the molecule is O.Pc1ccccc1. The van der Waals surface area contributed by atoms with E-state index in [9.17, 15) is 0 Å². The van der Waals surface area contributed by atoms with Crippen molar-refractivity contribution in [1.82, 2.24) is 0 Å². The van der Waals surface area contributed by atoms with E-state index in [0.717, 1.165) is 0 Å². The third-order valence-electron chi connectivity index (χ3n) is 0.800. The number of benzene rings is 1. The van der Waals surface area contributed by atoms with Crippen LogP contribution in [0.15, 0.2) is 30.3 Å². The fraction of sp³-hybridized carbons (Fsp3) is 0. The molecule has 0 aromatic heterocycles. The Morgan fingerprint density at radius 2 is 1.50 bits per heavy atom. The molecule has 2 heteroatoms. The molecular weight excluding hydrogens is 119 g/mol. The Morgan fingerprint density at radius 1 is 1.00 bits per heavy atom. The smallest absolute Gasteiger partial charge is 0.0303 e. The van der Waals surface area contributed by atoms with Gasteiger partial charge in [0.15, 0.2) is 0 Å². The fourth-order valence-corrected chi connectivity index (χ4v) is 0.675. The number of rotatable bonds is 0. The molecule has 0 spiro atoms. The van der Waals surface area contributed by atoms with Crippen LogP contribution >= 0.6 is 9.24 Å². The average Bonchev–Trinajstić information content (AvgIpc) is 1.69. The van der Waals surface area contributed by atoms with Gasteiger partial charge >= 0.3 is 0 Å². The predicted molar refractivity (Wildman–Crippen MR) is 39.4 cm³/mol. The highest BCUT2D eigenvalue weighted by atomic mass is 31.0. The second-order valence-electron chi connectivity index (χ2n) is 1.41. The minimum atomic E-state index is 0. The Labute approximate surface area is 51.2 Å². The van der Waals surface area contributed by atoms with Crippen molar-refractivity contribution < 1.29 is 5.48 Å². The molecule has 0 amide bonds. The Kier molecular flexibility index (Phi) is 3.42. The number of hydrogen-bond donors (Lipinski definition) is 0. The zero-order valence-corrected chi connectivity index (χ0v) is 5.62. The quantitative estimate of drug-likeness (QED) is 0.452. The van der Waals surface area contributed by atoms with Gasteiger partial charge in [0, 0.05) is 0 Å². The predicted octanol–water partition coefficient (Wildman–Crippen LogP) is 0.362. The second kappa shape index (κ2) is 3.59. The second-order valence-corrected chi connectivity index (χ2v) is 2.08. The molecule has 2 N–H and O–H groups in total. The van der Waals surface area contributed by atoms with E-state index in [4.69, 9.17) is 0 Å². The molecule has 0 bridgehead atoms. The van der Waals surface area contributed by atoms with Crippen molar-refractivity contribution in [3.05, 3.63) is 30.3 Å². The van der Waals surface area contributed by atoms with Crippen molar-refractivity contribution in [1.29, 1.82) is 0 Å². The molecule has 1 nitrogen and oxygen atoms in total. The zero-order chi connectivity index (χ0) is 5.11. The van der Waals surface area contributed by atoms with Gasteiger partial charge in [0.1, 0.15) is 0 Å². The summed E-state index contributed by atoms with van der Waals surface area (Å²) in [5.41, 5.74) is 0. The summed E-state index contributed by atoms with van der Waals surface area (Å²) >= 11 is 0. The molecule has 1 aromatic carbocycles. The molecule has 0 heterocycles. The van der Waals surface area contributed by atoms with Crippen LogP contribution in [0.3, 0.4) is 0 Å². The lowest BCUT2D eigenvalue weighted by Crippen LogP contribution is -1.82. The first kappa shape index (κ1) is 7.61. The van der Waals surface area contributed by atoms with Crippen LogP contribution in [0, 0.1) is 0 Å². The van der Waals surface area contributed by atoms with Gasteiger partial charge in [-0.05, 0) is 5.30 Å². The maximum atomic E-state index is 2.63. The van der Waals surface area contributed by atoms with E-state index >= 15 is 0 Å². The highest BCUT2D eigenvalue weighted by Crippen LogP contribution is 1.86. The van der Waals surface area contributed by atoms with E-state index in [1.165, 1.54) is 5.30 Å². The minimum Gasteiger partial charge on any atom is -0.412 e. The first-order chi connectivity index (χ1) is 3.39. The highest BCUT2D eigenvalue weighted by molar-refractivity contribution is 7.27. The van der Waals surface area contributed by atoms with Crippen LogP contribution in [0.1, 0.15) is 0 Å². The summed E-state index contributed by atoms with van der Waals surface area (Å²) in [6.07, 6.45) is 0. The summed E-state index contributed by atoms with van der Waals surface area (Å²) in [4.78, 5) is 0. The Balaban J connectivity index is 0.000000490. The summed E-state index contributed by atoms with van der Waals surface area (Å²) in [5, 5.41) is 1.24. The van der Waals surface area contributed by atoms with E-state index in [1.807, 2.05) is 30.3 Å². The van der Waals surface area contributed by atoms with Crippen molar-refractivity contribution >= 4 is 14.5 Å². The molecule has 0 radical (unpaired) electrons. The Bertz CT molecular complexity index is 138. The van der Waals surface area contributed by atoms with Crippen LogP contribution in [0.25, 0.3) is 0 Å². The van der Waals surface area contributed by atoms with Gasteiger partial charge in [0.05, 0.1) is 0 Å². The van der Waals surface area contributed by atoms with Crippen LogP contribution in [0.4, 0.5) is 0 Å². The average molecular weight is 128 g/mol. The molecule has 1 rings (SSSR count). The first-order valence-corrected chi connectivity index (χ1v) is 2.78. The summed E-state index contributed by atoms with van der Waals surface area (Å²) in [6.45, 7) is 0. The summed E-state index contributed by atoms with van der Waals surface area (Å²) in [6, 6.07) is 10.1. The molecule has 1 aromatic rings. The van der Waals surface area contributed by atoms with Crippen molar-refractivity contribution in [3.8, 4) is 0 Å². The van der Waals surface area contributed by atoms with Crippen LogP contribution in [0.5, 0.6) is 0 Å². The molecule has 44 valence electrons. The van der Waals surface area contributed by atoms with E-state index < -0.39 is 0 Å². The first-order valence-electron chi connectivity index (χ1n) is 2.20. The van der Waals surface area contributed by atoms with Crippen molar-refractivity contribution in [3.63, 3.8) is 0 Å². The maximum Gasteiger partial charge on any atom is -0.0303 e. The molecular formula is C6H9OP. The van der Waals surface area contributed by atoms with Crippen molar-refractivity contribution in [2.24, 2.45) is 0 Å². The lowest BCUT2D eigenvalue weighted by atomic mass is 10.4. The largest absolute Gasteiger partial charge is 0.412 e. The van der Waals surface area contributed by atoms with Crippen LogP contribution in [-0.4, -0.2) is 5.48 Å². The van der Waals surface area contributed by atoms with E-state index in [1.54, 1.807) is 0 Å². The molecule has 0 saturated carbocycles. The van der Waals surface area contributed by atoms with Gasteiger partial charge in [-0.15, -0.1) is 9.24 Å². The number of hydrogen-bond acceptors (Lipinski definition) is 0. The van der Waals surface area contributed by atoms with Crippen LogP contribution < -0.4 is 5.30 Å². The fourth-order valence-electron chi connectivity index (χ4n) is 0.453. The van der Waals surface area contributed by atoms with E-state index in [-0.39, 0.29) is 5.48 Å². The van der Waals surface area contributed by atoms with Gasteiger partial charge < -0.3 is 5.48 Å². The minimum absolute atomic E-state index is 0. The van der Waals surface area contributed by atoms with Crippen LogP contribution in [-0.2, 0) is 0 Å². The molecule has 0 aliphatic carbocycles. The topological polar surface area (TPSA) is 31.5 Å². The van der Waals surface area contributed by atoms with Crippen molar-refractivity contribution in [2.45, 2.75) is 0 Å². The van der Waals surface area contributed by atoms with E-state index in [2.05, 4.69) is 9.24 Å². The molecule has 0 aliphatic rings. The molecule has 0 saturated heterocycles. The maximum absolute atomic E-state index is 2.63. The zero-order valence-electron chi connectivity index (χ0n) is 4.46. The summed E-state index contributed by atoms with van der Waals surface area (Å²) in [5.74, 6) is 0. The Hall–Kier alpha value is -0.390. The molecule has 0 fully saturated rings. The van der Waals surface area contributed by atoms with Crippen LogP contribution in [0.2, 0.25) is 0 Å². The molecule has 0 aliphatic heterocycles. The summed E-state index contributed by atoms with van der Waals surface area (Å²) in [7, 11) is 2.63.